The first kappa shape index (κ1) is 17.3. The van der Waals surface area contributed by atoms with Crippen molar-refractivity contribution in [1.82, 2.24) is 14.9 Å². The Morgan fingerprint density at radius 1 is 1.23 bits per heavy atom. The number of fused-ring (bicyclic) bond motifs is 1. The number of hydrogen-bond acceptors (Lipinski definition) is 5. The minimum Gasteiger partial charge on any atom is -0.355 e. The van der Waals surface area contributed by atoms with E-state index in [-0.39, 0.29) is 16.7 Å². The van der Waals surface area contributed by atoms with Crippen LogP contribution in [0.15, 0.2) is 45.7 Å². The Hall–Kier alpha value is -2.12. The highest BCUT2D eigenvalue weighted by molar-refractivity contribution is 8.00. The maximum atomic E-state index is 13.0. The monoisotopic (exact) mass is 385 g/mol. The normalized spacial score (nSPS) is 17.9. The minimum absolute atomic E-state index is 0.0398. The first-order valence-electron chi connectivity index (χ1n) is 8.63. The van der Waals surface area contributed by atoms with Gasteiger partial charge in [0, 0.05) is 24.5 Å². The summed E-state index contributed by atoms with van der Waals surface area (Å²) in [5.41, 5.74) is 1.87. The molecule has 5 nitrogen and oxygen atoms in total. The fourth-order valence-electron chi connectivity index (χ4n) is 3.14. The van der Waals surface area contributed by atoms with Gasteiger partial charge in [-0.2, -0.15) is 0 Å². The van der Waals surface area contributed by atoms with Gasteiger partial charge >= 0.3 is 0 Å². The number of thioether (sulfide) groups is 1. The van der Waals surface area contributed by atoms with Gasteiger partial charge in [-0.3, -0.25) is 14.2 Å². The molecule has 134 valence electrons. The molecule has 1 atom stereocenters. The van der Waals surface area contributed by atoms with Crippen molar-refractivity contribution in [3.63, 3.8) is 0 Å². The number of hydrogen-bond donors (Lipinski definition) is 1. The van der Waals surface area contributed by atoms with Crippen LogP contribution in [0.3, 0.4) is 0 Å². The predicted molar refractivity (Wildman–Crippen MR) is 107 cm³/mol. The van der Waals surface area contributed by atoms with E-state index in [1.54, 1.807) is 11.6 Å². The molecule has 3 heterocycles. The largest absolute Gasteiger partial charge is 0.355 e. The summed E-state index contributed by atoms with van der Waals surface area (Å²) in [5.74, 6) is 0.0398. The van der Waals surface area contributed by atoms with Crippen molar-refractivity contribution < 1.29 is 4.79 Å². The summed E-state index contributed by atoms with van der Waals surface area (Å²) in [6, 6.07) is 9.89. The van der Waals surface area contributed by atoms with E-state index in [4.69, 9.17) is 4.98 Å². The zero-order valence-corrected chi connectivity index (χ0v) is 16.0. The van der Waals surface area contributed by atoms with Gasteiger partial charge in [0.1, 0.15) is 4.83 Å². The van der Waals surface area contributed by atoms with Crippen LogP contribution in [0.25, 0.3) is 21.3 Å². The number of amides is 1. The lowest BCUT2D eigenvalue weighted by Crippen LogP contribution is -2.31. The van der Waals surface area contributed by atoms with Crippen LogP contribution in [0.5, 0.6) is 0 Å². The Morgan fingerprint density at radius 3 is 2.85 bits per heavy atom. The van der Waals surface area contributed by atoms with Crippen LogP contribution in [0.1, 0.15) is 19.3 Å². The van der Waals surface area contributed by atoms with E-state index in [0.717, 1.165) is 41.8 Å². The molecule has 1 aromatic carbocycles. The van der Waals surface area contributed by atoms with Gasteiger partial charge in [0.15, 0.2) is 5.16 Å². The standard InChI is InChI=1S/C19H19N3O2S2/c1-22-18(24)15-13(12-7-3-2-4-8-12)11-25-17(15)21-19(22)26-14-9-5-6-10-20-16(14)23/h2-4,7-8,11,14H,5-6,9-10H2,1H3,(H,20,23)/t14-/m0/s1. The van der Waals surface area contributed by atoms with Gasteiger partial charge in [0.2, 0.25) is 5.91 Å². The van der Waals surface area contributed by atoms with Crippen molar-refractivity contribution in [1.29, 1.82) is 0 Å². The lowest BCUT2D eigenvalue weighted by atomic mass is 10.1. The Labute approximate surface area is 159 Å². The Morgan fingerprint density at radius 2 is 2.04 bits per heavy atom. The Balaban J connectivity index is 1.75. The third-order valence-corrected chi connectivity index (χ3v) is 6.77. The van der Waals surface area contributed by atoms with Crippen LogP contribution >= 0.6 is 23.1 Å². The number of aromatic nitrogens is 2. The van der Waals surface area contributed by atoms with Crippen LogP contribution in [-0.2, 0) is 11.8 Å². The molecule has 0 radical (unpaired) electrons. The number of nitrogens with one attached hydrogen (secondary N) is 1. The predicted octanol–water partition coefficient (Wildman–Crippen LogP) is 3.42. The van der Waals surface area contributed by atoms with E-state index < -0.39 is 0 Å². The molecule has 0 saturated carbocycles. The molecule has 4 rings (SSSR count). The number of rotatable bonds is 3. The first-order valence-corrected chi connectivity index (χ1v) is 10.4. The molecule has 0 bridgehead atoms. The zero-order chi connectivity index (χ0) is 18.1. The van der Waals surface area contributed by atoms with Crippen LogP contribution in [-0.4, -0.2) is 27.3 Å². The summed E-state index contributed by atoms with van der Waals surface area (Å²) in [4.78, 5) is 30.7. The molecular weight excluding hydrogens is 366 g/mol. The van der Waals surface area contributed by atoms with Crippen molar-refractivity contribution in [2.45, 2.75) is 29.7 Å². The average Bonchev–Trinajstić information content (AvgIpc) is 2.98. The number of nitrogens with zero attached hydrogens (tertiary/aromatic N) is 2. The van der Waals surface area contributed by atoms with Crippen LogP contribution in [0.2, 0.25) is 0 Å². The molecule has 3 aromatic rings. The maximum Gasteiger partial charge on any atom is 0.263 e. The second-order valence-corrected chi connectivity index (χ2v) is 8.38. The molecular formula is C19H19N3O2S2. The van der Waals surface area contributed by atoms with E-state index in [1.165, 1.54) is 23.1 Å². The summed E-state index contributed by atoms with van der Waals surface area (Å²) in [6.07, 6.45) is 2.81. The van der Waals surface area contributed by atoms with Crippen molar-refractivity contribution in [2.24, 2.45) is 7.05 Å². The summed E-state index contributed by atoms with van der Waals surface area (Å²) in [6.45, 7) is 0.729. The molecule has 1 N–H and O–H groups in total. The van der Waals surface area contributed by atoms with Gasteiger partial charge in [-0.1, -0.05) is 48.5 Å². The third-order valence-electron chi connectivity index (χ3n) is 4.59. The zero-order valence-electron chi connectivity index (χ0n) is 14.4. The second-order valence-electron chi connectivity index (χ2n) is 6.35. The molecule has 0 unspecified atom stereocenters. The summed E-state index contributed by atoms with van der Waals surface area (Å²) >= 11 is 2.87. The van der Waals surface area contributed by atoms with Gasteiger partial charge in [0.05, 0.1) is 10.6 Å². The SMILES string of the molecule is Cn1c(S[C@H]2CCCCNC2=O)nc2scc(-c3ccccc3)c2c1=O. The van der Waals surface area contributed by atoms with Crippen LogP contribution in [0, 0.1) is 0 Å². The van der Waals surface area contributed by atoms with Crippen molar-refractivity contribution in [3.05, 3.63) is 46.1 Å². The fourth-order valence-corrected chi connectivity index (χ4v) is 5.25. The van der Waals surface area contributed by atoms with Gasteiger partial charge in [-0.15, -0.1) is 11.3 Å². The summed E-state index contributed by atoms with van der Waals surface area (Å²) in [5, 5.41) is 5.99. The molecule has 2 aromatic heterocycles. The average molecular weight is 386 g/mol. The maximum absolute atomic E-state index is 13.0. The molecule has 1 saturated heterocycles. The van der Waals surface area contributed by atoms with Crippen LogP contribution < -0.4 is 10.9 Å². The second kappa shape index (κ2) is 7.25. The lowest BCUT2D eigenvalue weighted by molar-refractivity contribution is -0.120. The molecule has 0 spiro atoms. The Bertz CT molecular complexity index is 1010. The molecule has 1 fully saturated rings. The fraction of sp³-hybridized carbons (Fsp3) is 0.316. The van der Waals surface area contributed by atoms with Gasteiger partial charge in [0.25, 0.3) is 5.56 Å². The number of thiophene rings is 1. The number of carbonyl (C=O) groups is 1. The van der Waals surface area contributed by atoms with Crippen molar-refractivity contribution >= 4 is 39.2 Å². The summed E-state index contributed by atoms with van der Waals surface area (Å²) in [7, 11) is 1.73. The highest BCUT2D eigenvalue weighted by atomic mass is 32.2. The molecule has 1 aliphatic rings. The van der Waals surface area contributed by atoms with Crippen molar-refractivity contribution in [2.75, 3.05) is 6.54 Å². The highest BCUT2D eigenvalue weighted by Gasteiger charge is 2.24. The molecule has 0 aliphatic carbocycles. The van der Waals surface area contributed by atoms with Gasteiger partial charge in [-0.25, -0.2) is 4.98 Å². The van der Waals surface area contributed by atoms with Crippen LogP contribution in [0.4, 0.5) is 0 Å². The van der Waals surface area contributed by atoms with E-state index in [2.05, 4.69) is 5.32 Å². The van der Waals surface area contributed by atoms with E-state index in [0.29, 0.717) is 10.5 Å². The molecule has 26 heavy (non-hydrogen) atoms. The minimum atomic E-state index is -0.193. The van der Waals surface area contributed by atoms with E-state index in [1.807, 2.05) is 35.7 Å². The number of carbonyl (C=O) groups excluding carboxylic acids is 1. The Kier molecular flexibility index (Phi) is 4.82. The van der Waals surface area contributed by atoms with Gasteiger partial charge in [-0.05, 0) is 18.4 Å². The molecule has 1 aliphatic heterocycles. The smallest absolute Gasteiger partial charge is 0.263 e. The topological polar surface area (TPSA) is 64.0 Å². The van der Waals surface area contributed by atoms with E-state index in [9.17, 15) is 9.59 Å². The van der Waals surface area contributed by atoms with Gasteiger partial charge < -0.3 is 5.32 Å². The van der Waals surface area contributed by atoms with Crippen molar-refractivity contribution in [3.8, 4) is 11.1 Å². The number of benzene rings is 1. The molecule has 7 heteroatoms. The lowest BCUT2D eigenvalue weighted by Gasteiger charge is -2.14. The quantitative estimate of drug-likeness (QED) is 0.702. The third kappa shape index (κ3) is 3.17. The highest BCUT2D eigenvalue weighted by Crippen LogP contribution is 2.33. The van der Waals surface area contributed by atoms with E-state index >= 15 is 0 Å². The molecule has 1 amide bonds. The summed E-state index contributed by atoms with van der Waals surface area (Å²) < 4.78 is 1.57. The first-order chi connectivity index (χ1) is 12.6.